The zero-order valence-electron chi connectivity index (χ0n) is 18.9. The van der Waals surface area contributed by atoms with Crippen molar-refractivity contribution in [1.29, 1.82) is 0 Å². The van der Waals surface area contributed by atoms with Crippen LogP contribution in [0.5, 0.6) is 0 Å². The van der Waals surface area contributed by atoms with Gasteiger partial charge in [0.15, 0.2) is 12.6 Å². The summed E-state index contributed by atoms with van der Waals surface area (Å²) in [4.78, 5) is 22.9. The van der Waals surface area contributed by atoms with E-state index in [-0.39, 0.29) is 11.8 Å². The fourth-order valence-electron chi connectivity index (χ4n) is 3.77. The van der Waals surface area contributed by atoms with Crippen LogP contribution in [0.4, 0.5) is 36.4 Å². The van der Waals surface area contributed by atoms with Crippen LogP contribution in [0.2, 0.25) is 0 Å². The van der Waals surface area contributed by atoms with Gasteiger partial charge in [-0.1, -0.05) is 32.1 Å². The minimum Gasteiger partial charge on any atom is -0.371 e. The van der Waals surface area contributed by atoms with Gasteiger partial charge in [-0.2, -0.15) is 26.3 Å². The maximum absolute atomic E-state index is 12.6. The fraction of sp³-hybridized carbons (Fsp3) is 0.440. The van der Waals surface area contributed by atoms with E-state index in [0.717, 1.165) is 38.1 Å². The molecule has 4 rings (SSSR count). The second kappa shape index (κ2) is 12.7. The highest BCUT2D eigenvalue weighted by Crippen LogP contribution is 2.33. The molecule has 0 bridgehead atoms. The number of hydrogen-bond donors (Lipinski definition) is 0. The van der Waals surface area contributed by atoms with Crippen LogP contribution in [0, 0.1) is 5.82 Å². The van der Waals surface area contributed by atoms with Gasteiger partial charge in [-0.25, -0.2) is 4.39 Å². The fourth-order valence-corrected chi connectivity index (χ4v) is 3.77. The van der Waals surface area contributed by atoms with Crippen molar-refractivity contribution in [3.8, 4) is 0 Å². The first-order valence-corrected chi connectivity index (χ1v) is 11.2. The summed E-state index contributed by atoms with van der Waals surface area (Å²) in [6.45, 7) is 1.60. The summed E-state index contributed by atoms with van der Waals surface area (Å²) in [5.74, 6) is -0.956. The van der Waals surface area contributed by atoms with Gasteiger partial charge >= 0.3 is 12.4 Å². The summed E-state index contributed by atoms with van der Waals surface area (Å²) in [7, 11) is 0. The quantitative estimate of drug-likeness (QED) is 0.317. The van der Waals surface area contributed by atoms with Gasteiger partial charge in [-0.3, -0.25) is 9.59 Å². The second-order valence-electron chi connectivity index (χ2n) is 8.20. The third-order valence-corrected chi connectivity index (χ3v) is 5.63. The average Bonchev–Trinajstić information content (AvgIpc) is 3.55. The largest absolute Gasteiger partial charge is 0.416 e. The number of halogens is 7. The van der Waals surface area contributed by atoms with E-state index in [1.54, 1.807) is 0 Å². The Balaban J connectivity index is 0.000000211. The lowest BCUT2D eigenvalue weighted by atomic mass is 10.1. The molecule has 1 saturated heterocycles. The highest BCUT2D eigenvalue weighted by Gasteiger charge is 2.32. The predicted octanol–water partition coefficient (Wildman–Crippen LogP) is 7.73. The molecule has 1 saturated carbocycles. The first-order chi connectivity index (χ1) is 16.5. The van der Waals surface area contributed by atoms with Crippen molar-refractivity contribution >= 4 is 18.3 Å². The smallest absolute Gasteiger partial charge is 0.371 e. The van der Waals surface area contributed by atoms with Gasteiger partial charge < -0.3 is 4.90 Å². The van der Waals surface area contributed by atoms with Crippen molar-refractivity contribution in [1.82, 2.24) is 0 Å². The van der Waals surface area contributed by atoms with Crippen molar-refractivity contribution in [2.24, 2.45) is 0 Å². The van der Waals surface area contributed by atoms with Gasteiger partial charge in [-0.15, -0.1) is 0 Å². The summed E-state index contributed by atoms with van der Waals surface area (Å²) in [5.41, 5.74) is -1.68. The number of carbonyl (C=O) groups excluding carboxylic acids is 2. The van der Waals surface area contributed by atoms with Crippen LogP contribution in [0.3, 0.4) is 0 Å². The Labute approximate surface area is 198 Å². The van der Waals surface area contributed by atoms with Crippen LogP contribution in [-0.4, -0.2) is 25.7 Å². The number of benzene rings is 2. The summed E-state index contributed by atoms with van der Waals surface area (Å²) in [6.07, 6.45) is 1.11. The van der Waals surface area contributed by atoms with Crippen LogP contribution in [0.25, 0.3) is 0 Å². The van der Waals surface area contributed by atoms with Crippen molar-refractivity contribution < 1.29 is 40.3 Å². The van der Waals surface area contributed by atoms with Crippen molar-refractivity contribution in [3.05, 3.63) is 64.5 Å². The van der Waals surface area contributed by atoms with Gasteiger partial charge in [0.2, 0.25) is 0 Å². The van der Waals surface area contributed by atoms with E-state index >= 15 is 0 Å². The number of anilines is 1. The average molecular weight is 505 g/mol. The molecule has 2 fully saturated rings. The molecule has 1 aliphatic heterocycles. The Morgan fingerprint density at radius 2 is 1.06 bits per heavy atom. The van der Waals surface area contributed by atoms with E-state index in [4.69, 9.17) is 0 Å². The summed E-state index contributed by atoms with van der Waals surface area (Å²) < 4.78 is 86.0. The SMILES string of the molecule is C1CCCC1.O=Cc1cc(C(F)(F)F)ccc1F.O=Cc1cc(C(F)(F)F)ccc1N1CCCC1. The molecule has 192 valence electrons. The summed E-state index contributed by atoms with van der Waals surface area (Å²) >= 11 is 0. The van der Waals surface area contributed by atoms with E-state index in [9.17, 15) is 40.3 Å². The molecular weight excluding hydrogens is 479 g/mol. The van der Waals surface area contributed by atoms with E-state index in [0.29, 0.717) is 30.2 Å². The molecule has 3 nitrogen and oxygen atoms in total. The molecule has 35 heavy (non-hydrogen) atoms. The monoisotopic (exact) mass is 505 g/mol. The minimum absolute atomic E-state index is 0.0462. The molecule has 2 aromatic carbocycles. The Hall–Kier alpha value is -2.91. The molecule has 1 heterocycles. The first kappa shape index (κ1) is 28.3. The standard InChI is InChI=1S/C12H12F3NO.C8H4F4O.C5H10/c13-12(14,15)10-3-4-11(9(7-10)8-17)16-5-1-2-6-16;9-7-2-1-6(8(10,11)12)3-5(7)4-13;1-2-4-5-3-1/h3-4,7-8H,1-2,5-6H2;1-4H;1-5H2. The summed E-state index contributed by atoms with van der Waals surface area (Å²) in [6, 6.07) is 5.01. The molecule has 0 amide bonds. The van der Waals surface area contributed by atoms with Crippen LogP contribution < -0.4 is 4.90 Å². The maximum atomic E-state index is 12.6. The van der Waals surface area contributed by atoms with Gasteiger partial charge in [0.05, 0.1) is 16.7 Å². The third kappa shape index (κ3) is 8.67. The van der Waals surface area contributed by atoms with Crippen molar-refractivity contribution in [3.63, 3.8) is 0 Å². The summed E-state index contributed by atoms with van der Waals surface area (Å²) in [5, 5.41) is 0. The lowest BCUT2D eigenvalue weighted by molar-refractivity contribution is -0.138. The topological polar surface area (TPSA) is 37.4 Å². The van der Waals surface area contributed by atoms with Gasteiger partial charge in [-0.05, 0) is 49.2 Å². The molecule has 10 heteroatoms. The number of aldehydes is 2. The van der Waals surface area contributed by atoms with Crippen LogP contribution in [0.1, 0.15) is 76.8 Å². The Kier molecular flexibility index (Phi) is 10.3. The highest BCUT2D eigenvalue weighted by molar-refractivity contribution is 5.85. The predicted molar refractivity (Wildman–Crippen MR) is 118 cm³/mol. The van der Waals surface area contributed by atoms with Crippen molar-refractivity contribution in [2.75, 3.05) is 18.0 Å². The number of nitrogens with zero attached hydrogens (tertiary/aromatic N) is 1. The van der Waals surface area contributed by atoms with E-state index in [1.807, 2.05) is 4.90 Å². The Morgan fingerprint density at radius 3 is 1.49 bits per heavy atom. The zero-order valence-corrected chi connectivity index (χ0v) is 18.9. The van der Waals surface area contributed by atoms with Gasteiger partial charge in [0, 0.05) is 24.3 Å². The first-order valence-electron chi connectivity index (χ1n) is 11.2. The van der Waals surface area contributed by atoms with Crippen LogP contribution in [-0.2, 0) is 12.4 Å². The minimum atomic E-state index is -4.55. The third-order valence-electron chi connectivity index (χ3n) is 5.63. The van der Waals surface area contributed by atoms with E-state index in [1.165, 1.54) is 38.2 Å². The van der Waals surface area contributed by atoms with Gasteiger partial charge in [0.25, 0.3) is 0 Å². The molecule has 0 aromatic heterocycles. The lowest BCUT2D eigenvalue weighted by Gasteiger charge is -2.20. The van der Waals surface area contributed by atoms with Crippen molar-refractivity contribution in [2.45, 2.75) is 57.3 Å². The molecule has 0 atom stereocenters. The van der Waals surface area contributed by atoms with E-state index in [2.05, 4.69) is 0 Å². The van der Waals surface area contributed by atoms with Gasteiger partial charge in [0.1, 0.15) is 5.82 Å². The molecule has 0 spiro atoms. The molecule has 2 aliphatic rings. The number of hydrogen-bond acceptors (Lipinski definition) is 3. The number of carbonyl (C=O) groups is 2. The zero-order chi connectivity index (χ0) is 26.1. The van der Waals surface area contributed by atoms with E-state index < -0.39 is 34.9 Å². The Morgan fingerprint density at radius 1 is 0.629 bits per heavy atom. The molecule has 0 radical (unpaired) electrons. The second-order valence-corrected chi connectivity index (χ2v) is 8.20. The molecular formula is C25H26F7NO2. The maximum Gasteiger partial charge on any atom is 0.416 e. The Bertz CT molecular complexity index is 969. The lowest BCUT2D eigenvalue weighted by Crippen LogP contribution is -2.19. The molecule has 2 aromatic rings. The van der Waals surface area contributed by atoms with Crippen LogP contribution in [0.15, 0.2) is 36.4 Å². The molecule has 1 aliphatic carbocycles. The number of alkyl halides is 6. The molecule has 0 N–H and O–H groups in total. The molecule has 0 unspecified atom stereocenters. The highest BCUT2D eigenvalue weighted by atomic mass is 19.4. The van der Waals surface area contributed by atoms with Crippen LogP contribution >= 0.6 is 0 Å². The normalized spacial score (nSPS) is 15.6. The number of rotatable bonds is 3.